The Labute approximate surface area is 117 Å². The molecule has 2 N–H and O–H groups in total. The molecule has 0 bridgehead atoms. The van der Waals surface area contributed by atoms with E-state index in [0.29, 0.717) is 6.04 Å². The van der Waals surface area contributed by atoms with Crippen molar-refractivity contribution in [3.05, 3.63) is 0 Å². The highest BCUT2D eigenvalue weighted by atomic mass is 32.2. The number of guanidine groups is 1. The number of hydrogen-bond acceptors (Lipinski definition) is 2. The summed E-state index contributed by atoms with van der Waals surface area (Å²) >= 11 is 1.92. The molecule has 106 valence electrons. The summed E-state index contributed by atoms with van der Waals surface area (Å²) in [7, 11) is 0. The number of thioether (sulfide) groups is 1. The molecule has 1 aliphatic carbocycles. The van der Waals surface area contributed by atoms with Gasteiger partial charge in [-0.3, -0.25) is 4.99 Å². The lowest BCUT2D eigenvalue weighted by atomic mass is 9.96. The van der Waals surface area contributed by atoms with Gasteiger partial charge in [-0.05, 0) is 44.6 Å². The SMILES string of the molecule is CCNC(=NCCCCSC)NC1CCCCC1. The van der Waals surface area contributed by atoms with Gasteiger partial charge in [-0.15, -0.1) is 0 Å². The van der Waals surface area contributed by atoms with Crippen LogP contribution in [-0.4, -0.2) is 37.1 Å². The zero-order valence-corrected chi connectivity index (χ0v) is 12.8. The van der Waals surface area contributed by atoms with Gasteiger partial charge >= 0.3 is 0 Å². The molecule has 18 heavy (non-hydrogen) atoms. The Kier molecular flexibility index (Phi) is 9.17. The van der Waals surface area contributed by atoms with Crippen molar-refractivity contribution < 1.29 is 0 Å². The van der Waals surface area contributed by atoms with Gasteiger partial charge in [0.25, 0.3) is 0 Å². The predicted molar refractivity (Wildman–Crippen MR) is 83.6 cm³/mol. The molecule has 0 spiro atoms. The van der Waals surface area contributed by atoms with Crippen LogP contribution in [0.2, 0.25) is 0 Å². The largest absolute Gasteiger partial charge is 0.357 e. The van der Waals surface area contributed by atoms with Gasteiger partial charge < -0.3 is 10.6 Å². The summed E-state index contributed by atoms with van der Waals surface area (Å²) in [5.41, 5.74) is 0. The first-order valence-electron chi connectivity index (χ1n) is 7.40. The summed E-state index contributed by atoms with van der Waals surface area (Å²) < 4.78 is 0. The molecule has 1 rings (SSSR count). The van der Waals surface area contributed by atoms with Crippen LogP contribution in [0.3, 0.4) is 0 Å². The minimum Gasteiger partial charge on any atom is -0.357 e. The van der Waals surface area contributed by atoms with Gasteiger partial charge in [0.05, 0.1) is 0 Å². The fraction of sp³-hybridized carbons (Fsp3) is 0.929. The molecule has 0 heterocycles. The summed E-state index contributed by atoms with van der Waals surface area (Å²) in [5, 5.41) is 6.94. The van der Waals surface area contributed by atoms with Crippen LogP contribution in [0.15, 0.2) is 4.99 Å². The Morgan fingerprint density at radius 3 is 2.67 bits per heavy atom. The lowest BCUT2D eigenvalue weighted by Gasteiger charge is -2.24. The van der Waals surface area contributed by atoms with E-state index in [1.807, 2.05) is 11.8 Å². The monoisotopic (exact) mass is 271 g/mol. The molecule has 0 radical (unpaired) electrons. The first kappa shape index (κ1) is 15.7. The molecule has 0 unspecified atom stereocenters. The number of nitrogens with one attached hydrogen (secondary N) is 2. The molecule has 0 aromatic heterocycles. The lowest BCUT2D eigenvalue weighted by Crippen LogP contribution is -2.44. The second kappa shape index (κ2) is 10.5. The van der Waals surface area contributed by atoms with Crippen LogP contribution in [0.5, 0.6) is 0 Å². The molecule has 3 nitrogen and oxygen atoms in total. The van der Waals surface area contributed by atoms with E-state index in [9.17, 15) is 0 Å². The van der Waals surface area contributed by atoms with Gasteiger partial charge in [0.15, 0.2) is 5.96 Å². The third kappa shape index (κ3) is 7.14. The van der Waals surface area contributed by atoms with Gasteiger partial charge in [-0.2, -0.15) is 11.8 Å². The third-order valence-electron chi connectivity index (χ3n) is 3.32. The zero-order valence-electron chi connectivity index (χ0n) is 12.0. The molecule has 0 aromatic carbocycles. The van der Waals surface area contributed by atoms with Crippen LogP contribution in [0.1, 0.15) is 51.9 Å². The van der Waals surface area contributed by atoms with E-state index < -0.39 is 0 Å². The van der Waals surface area contributed by atoms with Crippen LogP contribution in [0.4, 0.5) is 0 Å². The van der Waals surface area contributed by atoms with Gasteiger partial charge in [0.2, 0.25) is 0 Å². The van der Waals surface area contributed by atoms with E-state index in [1.165, 1.54) is 50.7 Å². The number of rotatable bonds is 7. The smallest absolute Gasteiger partial charge is 0.191 e. The summed E-state index contributed by atoms with van der Waals surface area (Å²) in [4.78, 5) is 4.66. The predicted octanol–water partition coefficient (Wildman–Crippen LogP) is 3.02. The fourth-order valence-electron chi connectivity index (χ4n) is 2.31. The lowest BCUT2D eigenvalue weighted by molar-refractivity contribution is 0.410. The van der Waals surface area contributed by atoms with Crippen LogP contribution in [0.25, 0.3) is 0 Å². The maximum Gasteiger partial charge on any atom is 0.191 e. The standard InChI is InChI=1S/C14H29N3S/c1-3-15-14(16-11-7-8-12-18-2)17-13-9-5-4-6-10-13/h13H,3-12H2,1-2H3,(H2,15,16,17). The number of nitrogens with zero attached hydrogens (tertiary/aromatic N) is 1. The van der Waals surface area contributed by atoms with E-state index in [-0.39, 0.29) is 0 Å². The maximum absolute atomic E-state index is 4.66. The van der Waals surface area contributed by atoms with Crippen molar-refractivity contribution in [2.75, 3.05) is 25.1 Å². The molecule has 0 aliphatic heterocycles. The highest BCUT2D eigenvalue weighted by molar-refractivity contribution is 7.98. The molecular formula is C14H29N3S. The molecule has 0 aromatic rings. The van der Waals surface area contributed by atoms with Crippen LogP contribution < -0.4 is 10.6 Å². The zero-order chi connectivity index (χ0) is 13.1. The maximum atomic E-state index is 4.66. The van der Waals surface area contributed by atoms with E-state index in [2.05, 4.69) is 28.8 Å². The second-order valence-electron chi connectivity index (χ2n) is 4.94. The Balaban J connectivity index is 2.25. The minimum atomic E-state index is 0.641. The third-order valence-corrected chi connectivity index (χ3v) is 4.01. The minimum absolute atomic E-state index is 0.641. The van der Waals surface area contributed by atoms with E-state index in [1.54, 1.807) is 0 Å². The van der Waals surface area contributed by atoms with Crippen molar-refractivity contribution in [2.24, 2.45) is 4.99 Å². The van der Waals surface area contributed by atoms with Crippen LogP contribution in [0, 0.1) is 0 Å². The van der Waals surface area contributed by atoms with Crippen molar-refractivity contribution in [3.8, 4) is 0 Å². The van der Waals surface area contributed by atoms with Crippen molar-refractivity contribution >= 4 is 17.7 Å². The molecule has 0 atom stereocenters. The van der Waals surface area contributed by atoms with Crippen LogP contribution in [-0.2, 0) is 0 Å². The van der Waals surface area contributed by atoms with E-state index in [4.69, 9.17) is 0 Å². The summed E-state index contributed by atoms with van der Waals surface area (Å²) in [6.07, 6.45) is 11.4. The number of unbranched alkanes of at least 4 members (excludes halogenated alkanes) is 1. The van der Waals surface area contributed by atoms with E-state index >= 15 is 0 Å². The molecule has 1 aliphatic rings. The Morgan fingerprint density at radius 1 is 1.22 bits per heavy atom. The highest BCUT2D eigenvalue weighted by Gasteiger charge is 2.13. The second-order valence-corrected chi connectivity index (χ2v) is 5.93. The van der Waals surface area contributed by atoms with Gasteiger partial charge in [0, 0.05) is 19.1 Å². The Morgan fingerprint density at radius 2 is 2.00 bits per heavy atom. The Hall–Kier alpha value is -0.380. The summed E-state index contributed by atoms with van der Waals surface area (Å²) in [5.74, 6) is 2.27. The Bertz CT molecular complexity index is 225. The average Bonchev–Trinajstić information content (AvgIpc) is 2.40. The molecular weight excluding hydrogens is 242 g/mol. The quantitative estimate of drug-likeness (QED) is 0.424. The topological polar surface area (TPSA) is 36.4 Å². The molecule has 1 fully saturated rings. The van der Waals surface area contributed by atoms with Crippen molar-refractivity contribution in [2.45, 2.75) is 57.9 Å². The van der Waals surface area contributed by atoms with Crippen molar-refractivity contribution in [1.82, 2.24) is 10.6 Å². The first-order valence-corrected chi connectivity index (χ1v) is 8.80. The van der Waals surface area contributed by atoms with Crippen LogP contribution >= 0.6 is 11.8 Å². The van der Waals surface area contributed by atoms with Gasteiger partial charge in [-0.25, -0.2) is 0 Å². The molecule has 0 saturated heterocycles. The van der Waals surface area contributed by atoms with Crippen molar-refractivity contribution in [1.29, 1.82) is 0 Å². The van der Waals surface area contributed by atoms with Crippen molar-refractivity contribution in [3.63, 3.8) is 0 Å². The summed E-state index contributed by atoms with van der Waals surface area (Å²) in [6.45, 7) is 4.03. The van der Waals surface area contributed by atoms with Gasteiger partial charge in [-0.1, -0.05) is 19.3 Å². The highest BCUT2D eigenvalue weighted by Crippen LogP contribution is 2.17. The fourth-order valence-corrected chi connectivity index (χ4v) is 2.80. The average molecular weight is 271 g/mol. The number of hydrogen-bond donors (Lipinski definition) is 2. The van der Waals surface area contributed by atoms with Gasteiger partial charge in [0.1, 0.15) is 0 Å². The molecule has 1 saturated carbocycles. The molecule has 4 heteroatoms. The first-order chi connectivity index (χ1) is 8.86. The van der Waals surface area contributed by atoms with E-state index in [0.717, 1.165) is 19.0 Å². The molecule has 0 amide bonds. The summed E-state index contributed by atoms with van der Waals surface area (Å²) in [6, 6.07) is 0.641. The normalized spacial score (nSPS) is 17.8. The number of aliphatic imine (C=N–C) groups is 1.